The SMILES string of the molecule is CCCOC(=O)c1ccc(N2C(=O)C(=O)/C(=C(\O)c3ccc(F)c(C)c3)C2c2ccccn2)cc1. The molecule has 0 aliphatic carbocycles. The van der Waals surface area contributed by atoms with Crippen LogP contribution in [-0.4, -0.2) is 34.4 Å². The van der Waals surface area contributed by atoms with Crippen molar-refractivity contribution in [1.82, 2.24) is 4.98 Å². The summed E-state index contributed by atoms with van der Waals surface area (Å²) in [6.07, 6.45) is 2.20. The number of halogens is 1. The zero-order chi connectivity index (χ0) is 25.1. The Kier molecular flexibility index (Phi) is 6.73. The van der Waals surface area contributed by atoms with E-state index in [-0.39, 0.29) is 23.3 Å². The molecule has 2 heterocycles. The molecule has 0 saturated carbocycles. The summed E-state index contributed by atoms with van der Waals surface area (Å²) in [4.78, 5) is 44.0. The minimum atomic E-state index is -1.03. The van der Waals surface area contributed by atoms with E-state index in [2.05, 4.69) is 4.98 Å². The van der Waals surface area contributed by atoms with E-state index in [4.69, 9.17) is 4.74 Å². The van der Waals surface area contributed by atoms with Crippen LogP contribution in [0.2, 0.25) is 0 Å². The normalized spacial score (nSPS) is 17.0. The third-order valence-corrected chi connectivity index (χ3v) is 5.66. The van der Waals surface area contributed by atoms with Crippen LogP contribution >= 0.6 is 0 Å². The lowest BCUT2D eigenvalue weighted by molar-refractivity contribution is -0.132. The molecule has 1 unspecified atom stereocenters. The lowest BCUT2D eigenvalue weighted by atomic mass is 9.97. The Balaban J connectivity index is 1.82. The summed E-state index contributed by atoms with van der Waals surface area (Å²) in [7, 11) is 0. The quantitative estimate of drug-likeness (QED) is 0.240. The molecule has 4 rings (SSSR count). The second-order valence-electron chi connectivity index (χ2n) is 8.07. The van der Waals surface area contributed by atoms with Gasteiger partial charge in [-0.1, -0.05) is 13.0 Å². The lowest BCUT2D eigenvalue weighted by Crippen LogP contribution is -2.29. The number of ether oxygens (including phenoxy) is 1. The molecule has 1 atom stereocenters. The minimum Gasteiger partial charge on any atom is -0.507 e. The number of benzene rings is 2. The number of amides is 1. The van der Waals surface area contributed by atoms with Crippen LogP contribution in [-0.2, 0) is 14.3 Å². The first kappa shape index (κ1) is 23.8. The molecule has 1 fully saturated rings. The number of anilines is 1. The van der Waals surface area contributed by atoms with E-state index < -0.39 is 35.3 Å². The molecular weight excluding hydrogens is 451 g/mol. The average Bonchev–Trinajstić information content (AvgIpc) is 3.14. The summed E-state index contributed by atoms with van der Waals surface area (Å²) >= 11 is 0. The van der Waals surface area contributed by atoms with Crippen molar-refractivity contribution in [2.75, 3.05) is 11.5 Å². The predicted molar refractivity (Wildman–Crippen MR) is 127 cm³/mol. The highest BCUT2D eigenvalue weighted by Crippen LogP contribution is 2.41. The maximum atomic E-state index is 13.8. The number of aryl methyl sites for hydroxylation is 1. The van der Waals surface area contributed by atoms with Gasteiger partial charge in [0.15, 0.2) is 0 Å². The maximum absolute atomic E-state index is 13.8. The van der Waals surface area contributed by atoms with Crippen LogP contribution in [0.3, 0.4) is 0 Å². The zero-order valence-electron chi connectivity index (χ0n) is 19.2. The van der Waals surface area contributed by atoms with E-state index in [1.165, 1.54) is 60.5 Å². The first-order chi connectivity index (χ1) is 16.8. The van der Waals surface area contributed by atoms with Crippen LogP contribution < -0.4 is 4.90 Å². The van der Waals surface area contributed by atoms with Crippen LogP contribution in [0.25, 0.3) is 5.76 Å². The number of aromatic nitrogens is 1. The fourth-order valence-electron chi connectivity index (χ4n) is 3.90. The van der Waals surface area contributed by atoms with Crippen LogP contribution in [0.1, 0.15) is 46.6 Å². The Morgan fingerprint density at radius 2 is 1.80 bits per heavy atom. The monoisotopic (exact) mass is 474 g/mol. The number of pyridine rings is 1. The fraction of sp³-hybridized carbons (Fsp3) is 0.185. The van der Waals surface area contributed by atoms with Gasteiger partial charge in [-0.05, 0) is 73.5 Å². The number of hydrogen-bond acceptors (Lipinski definition) is 6. The topological polar surface area (TPSA) is 96.8 Å². The molecule has 3 aromatic rings. The zero-order valence-corrected chi connectivity index (χ0v) is 19.2. The Morgan fingerprint density at radius 1 is 1.09 bits per heavy atom. The standard InChI is InChI=1S/C27H23FN2O5/c1-3-14-35-27(34)17-7-10-19(11-8-17)30-23(21-6-4-5-13-29-21)22(25(32)26(30)33)24(31)18-9-12-20(28)16(2)15-18/h4-13,15,23,31H,3,14H2,1-2H3/b24-22-. The number of ketones is 1. The Morgan fingerprint density at radius 3 is 2.43 bits per heavy atom. The second kappa shape index (κ2) is 9.89. The minimum absolute atomic E-state index is 0.161. The van der Waals surface area contributed by atoms with Gasteiger partial charge >= 0.3 is 5.97 Å². The van der Waals surface area contributed by atoms with E-state index in [1.807, 2.05) is 6.92 Å². The van der Waals surface area contributed by atoms with Crippen molar-refractivity contribution < 1.29 is 28.6 Å². The molecule has 0 spiro atoms. The summed E-state index contributed by atoms with van der Waals surface area (Å²) in [6, 6.07) is 14.0. The van der Waals surface area contributed by atoms with Gasteiger partial charge in [-0.15, -0.1) is 0 Å². The van der Waals surface area contributed by atoms with E-state index in [9.17, 15) is 23.9 Å². The van der Waals surface area contributed by atoms with Gasteiger partial charge in [-0.2, -0.15) is 0 Å². The largest absolute Gasteiger partial charge is 0.507 e. The van der Waals surface area contributed by atoms with Gasteiger partial charge in [0.05, 0.1) is 23.4 Å². The molecule has 0 radical (unpaired) electrons. The molecule has 1 amide bonds. The number of nitrogens with zero attached hydrogens (tertiary/aromatic N) is 2. The number of rotatable bonds is 6. The van der Waals surface area contributed by atoms with E-state index in [1.54, 1.807) is 18.2 Å². The second-order valence-corrected chi connectivity index (χ2v) is 8.07. The Bertz CT molecular complexity index is 1320. The van der Waals surface area contributed by atoms with Crippen LogP contribution in [0.4, 0.5) is 10.1 Å². The number of carbonyl (C=O) groups is 3. The highest BCUT2D eigenvalue weighted by atomic mass is 19.1. The summed E-state index contributed by atoms with van der Waals surface area (Å²) < 4.78 is 18.9. The molecule has 1 aliphatic rings. The molecular formula is C27H23FN2O5. The molecule has 7 nitrogen and oxygen atoms in total. The molecule has 1 aliphatic heterocycles. The summed E-state index contributed by atoms with van der Waals surface area (Å²) in [6.45, 7) is 3.71. The predicted octanol–water partition coefficient (Wildman–Crippen LogP) is 4.72. The molecule has 1 N–H and O–H groups in total. The van der Waals surface area contributed by atoms with E-state index >= 15 is 0 Å². The lowest BCUT2D eigenvalue weighted by Gasteiger charge is -2.24. The molecule has 1 saturated heterocycles. The Labute approximate surface area is 201 Å². The maximum Gasteiger partial charge on any atom is 0.338 e. The van der Waals surface area contributed by atoms with Gasteiger partial charge in [0.25, 0.3) is 11.7 Å². The van der Waals surface area contributed by atoms with Gasteiger partial charge < -0.3 is 9.84 Å². The fourth-order valence-corrected chi connectivity index (χ4v) is 3.90. The number of hydrogen-bond donors (Lipinski definition) is 1. The van der Waals surface area contributed by atoms with Crippen molar-refractivity contribution in [1.29, 1.82) is 0 Å². The van der Waals surface area contributed by atoms with Crippen molar-refractivity contribution in [2.45, 2.75) is 26.3 Å². The van der Waals surface area contributed by atoms with Crippen molar-refractivity contribution in [3.8, 4) is 0 Å². The third-order valence-electron chi connectivity index (χ3n) is 5.66. The van der Waals surface area contributed by atoms with Crippen molar-refractivity contribution in [3.63, 3.8) is 0 Å². The van der Waals surface area contributed by atoms with Gasteiger partial charge in [0.2, 0.25) is 0 Å². The first-order valence-electron chi connectivity index (χ1n) is 11.1. The summed E-state index contributed by atoms with van der Waals surface area (Å²) in [5, 5.41) is 11.1. The van der Waals surface area contributed by atoms with Gasteiger partial charge in [-0.3, -0.25) is 19.5 Å². The van der Waals surface area contributed by atoms with Gasteiger partial charge in [0.1, 0.15) is 17.6 Å². The number of aliphatic hydroxyl groups excluding tert-OH is 1. The average molecular weight is 474 g/mol. The number of esters is 1. The number of aliphatic hydroxyl groups is 1. The van der Waals surface area contributed by atoms with Crippen molar-refractivity contribution >= 4 is 29.1 Å². The van der Waals surface area contributed by atoms with Crippen molar-refractivity contribution in [3.05, 3.63) is 101 Å². The molecule has 0 bridgehead atoms. The number of Topliss-reactive ketones (excluding diaryl/α,β-unsaturated/α-hetero) is 1. The number of carbonyl (C=O) groups excluding carboxylic acids is 3. The molecule has 35 heavy (non-hydrogen) atoms. The van der Waals surface area contributed by atoms with Crippen LogP contribution in [0.15, 0.2) is 72.4 Å². The highest BCUT2D eigenvalue weighted by molar-refractivity contribution is 6.51. The summed E-state index contributed by atoms with van der Waals surface area (Å²) in [5.41, 5.74) is 1.32. The first-order valence-corrected chi connectivity index (χ1v) is 11.1. The van der Waals surface area contributed by atoms with Crippen LogP contribution in [0, 0.1) is 12.7 Å². The molecule has 178 valence electrons. The summed E-state index contributed by atoms with van der Waals surface area (Å²) in [5.74, 6) is -3.13. The van der Waals surface area contributed by atoms with E-state index in [0.717, 1.165) is 0 Å². The third kappa shape index (κ3) is 4.55. The molecule has 8 heteroatoms. The Hall–Kier alpha value is -4.33. The smallest absolute Gasteiger partial charge is 0.338 e. The molecule has 2 aromatic carbocycles. The van der Waals surface area contributed by atoms with Crippen LogP contribution in [0.5, 0.6) is 0 Å². The van der Waals surface area contributed by atoms with Crippen molar-refractivity contribution in [2.24, 2.45) is 0 Å². The highest BCUT2D eigenvalue weighted by Gasteiger charge is 2.47. The van der Waals surface area contributed by atoms with Gasteiger partial charge in [0, 0.05) is 17.4 Å². The van der Waals surface area contributed by atoms with Gasteiger partial charge in [-0.25, -0.2) is 9.18 Å². The molecule has 1 aromatic heterocycles. The van der Waals surface area contributed by atoms with E-state index in [0.29, 0.717) is 23.4 Å².